The lowest BCUT2D eigenvalue weighted by atomic mass is 9.78. The summed E-state index contributed by atoms with van der Waals surface area (Å²) in [7, 11) is 1.67. The molecule has 3 rings (SSSR count). The SMILES string of the molecule is COc1cccc(C2(N)CCc3nc(Cl)sc3C2)c1. The van der Waals surface area contributed by atoms with Crippen LogP contribution in [0.4, 0.5) is 0 Å². The van der Waals surface area contributed by atoms with E-state index in [0.717, 1.165) is 36.3 Å². The number of thiazole rings is 1. The van der Waals surface area contributed by atoms with E-state index in [2.05, 4.69) is 11.1 Å². The third kappa shape index (κ3) is 2.36. The molecule has 0 fully saturated rings. The summed E-state index contributed by atoms with van der Waals surface area (Å²) in [6, 6.07) is 8.01. The summed E-state index contributed by atoms with van der Waals surface area (Å²) in [5, 5.41) is 0. The van der Waals surface area contributed by atoms with Crippen LogP contribution in [0.15, 0.2) is 24.3 Å². The Morgan fingerprint density at radius 2 is 2.32 bits per heavy atom. The molecular weight excluding hydrogens is 280 g/mol. The van der Waals surface area contributed by atoms with Gasteiger partial charge in [0.1, 0.15) is 5.75 Å². The molecule has 2 N–H and O–H groups in total. The van der Waals surface area contributed by atoms with Crippen LogP contribution in [0.25, 0.3) is 0 Å². The van der Waals surface area contributed by atoms with E-state index in [-0.39, 0.29) is 5.54 Å². The minimum atomic E-state index is -0.350. The Kier molecular flexibility index (Phi) is 3.25. The molecule has 0 radical (unpaired) electrons. The van der Waals surface area contributed by atoms with Gasteiger partial charge in [-0.15, -0.1) is 11.3 Å². The molecule has 1 aromatic carbocycles. The first-order chi connectivity index (χ1) is 9.10. The molecule has 0 spiro atoms. The van der Waals surface area contributed by atoms with Crippen molar-refractivity contribution in [1.82, 2.24) is 4.98 Å². The summed E-state index contributed by atoms with van der Waals surface area (Å²) in [5.74, 6) is 0.843. The largest absolute Gasteiger partial charge is 0.497 e. The number of benzene rings is 1. The third-order valence-corrected chi connectivity index (χ3v) is 4.88. The molecule has 2 aromatic rings. The van der Waals surface area contributed by atoms with Gasteiger partial charge >= 0.3 is 0 Å². The van der Waals surface area contributed by atoms with Crippen LogP contribution in [0.3, 0.4) is 0 Å². The zero-order valence-corrected chi connectivity index (χ0v) is 12.2. The molecule has 1 aliphatic rings. The van der Waals surface area contributed by atoms with E-state index in [1.807, 2.05) is 18.2 Å². The molecule has 1 heterocycles. The van der Waals surface area contributed by atoms with Crippen molar-refractivity contribution in [3.05, 3.63) is 44.9 Å². The fraction of sp³-hybridized carbons (Fsp3) is 0.357. The van der Waals surface area contributed by atoms with Crippen molar-refractivity contribution in [2.75, 3.05) is 7.11 Å². The molecule has 3 nitrogen and oxygen atoms in total. The molecular formula is C14H15ClN2OS. The zero-order chi connectivity index (χ0) is 13.5. The summed E-state index contributed by atoms with van der Waals surface area (Å²) in [5.41, 5.74) is 8.48. The lowest BCUT2D eigenvalue weighted by molar-refractivity contribution is 0.379. The smallest absolute Gasteiger partial charge is 0.184 e. The molecule has 0 aliphatic heterocycles. The highest BCUT2D eigenvalue weighted by Crippen LogP contribution is 2.38. The van der Waals surface area contributed by atoms with E-state index >= 15 is 0 Å². The summed E-state index contributed by atoms with van der Waals surface area (Å²) in [4.78, 5) is 5.56. The van der Waals surface area contributed by atoms with Crippen molar-refractivity contribution >= 4 is 22.9 Å². The molecule has 0 saturated heterocycles. The van der Waals surface area contributed by atoms with Crippen LogP contribution in [-0.2, 0) is 18.4 Å². The number of hydrogen-bond donors (Lipinski definition) is 1. The van der Waals surface area contributed by atoms with Crippen molar-refractivity contribution in [2.45, 2.75) is 24.8 Å². The Morgan fingerprint density at radius 1 is 1.47 bits per heavy atom. The number of hydrogen-bond acceptors (Lipinski definition) is 4. The number of nitrogens with zero attached hydrogens (tertiary/aromatic N) is 1. The molecule has 5 heteroatoms. The third-order valence-electron chi connectivity index (χ3n) is 3.68. The zero-order valence-electron chi connectivity index (χ0n) is 10.6. The molecule has 1 atom stereocenters. The van der Waals surface area contributed by atoms with E-state index in [4.69, 9.17) is 22.1 Å². The summed E-state index contributed by atoms with van der Waals surface area (Å²) in [6.07, 6.45) is 2.55. The quantitative estimate of drug-likeness (QED) is 0.925. The monoisotopic (exact) mass is 294 g/mol. The lowest BCUT2D eigenvalue weighted by Crippen LogP contribution is -2.41. The van der Waals surface area contributed by atoms with Crippen molar-refractivity contribution < 1.29 is 4.74 Å². The number of rotatable bonds is 2. The van der Waals surface area contributed by atoms with Gasteiger partial charge in [-0.3, -0.25) is 0 Å². The Bertz CT molecular complexity index is 613. The van der Waals surface area contributed by atoms with Crippen LogP contribution in [0, 0.1) is 0 Å². The second kappa shape index (κ2) is 4.78. The van der Waals surface area contributed by atoms with Crippen molar-refractivity contribution in [3.8, 4) is 5.75 Å². The standard InChI is InChI=1S/C14H15ClN2OS/c1-18-10-4-2-3-9(7-10)14(16)6-5-11-12(8-14)19-13(15)17-11/h2-4,7H,5-6,8,16H2,1H3. The van der Waals surface area contributed by atoms with Gasteiger partial charge in [0, 0.05) is 16.8 Å². The second-order valence-corrected chi connectivity index (χ2v) is 6.57. The van der Waals surface area contributed by atoms with Gasteiger partial charge in [0.2, 0.25) is 0 Å². The van der Waals surface area contributed by atoms with Gasteiger partial charge in [-0.1, -0.05) is 23.7 Å². The first kappa shape index (κ1) is 12.9. The topological polar surface area (TPSA) is 48.1 Å². The van der Waals surface area contributed by atoms with Crippen LogP contribution in [0.2, 0.25) is 4.47 Å². The van der Waals surface area contributed by atoms with E-state index in [0.29, 0.717) is 4.47 Å². The van der Waals surface area contributed by atoms with E-state index < -0.39 is 0 Å². The van der Waals surface area contributed by atoms with E-state index in [1.54, 1.807) is 18.4 Å². The fourth-order valence-corrected chi connectivity index (χ4v) is 3.92. The number of fused-ring (bicyclic) bond motifs is 1. The Morgan fingerprint density at radius 3 is 3.11 bits per heavy atom. The predicted molar refractivity (Wildman–Crippen MR) is 78.0 cm³/mol. The first-order valence-electron chi connectivity index (χ1n) is 6.18. The molecule has 1 unspecified atom stereocenters. The predicted octanol–water partition coefficient (Wildman–Crippen LogP) is 3.15. The number of nitrogens with two attached hydrogens (primary N) is 1. The lowest BCUT2D eigenvalue weighted by Gasteiger charge is -2.33. The Balaban J connectivity index is 1.96. The van der Waals surface area contributed by atoms with Crippen LogP contribution in [0.5, 0.6) is 5.75 Å². The van der Waals surface area contributed by atoms with Gasteiger partial charge in [0.25, 0.3) is 0 Å². The summed E-state index contributed by atoms with van der Waals surface area (Å²) >= 11 is 7.52. The second-order valence-electron chi connectivity index (χ2n) is 4.90. The van der Waals surface area contributed by atoms with E-state index in [1.165, 1.54) is 4.88 Å². The highest BCUT2D eigenvalue weighted by molar-refractivity contribution is 7.15. The van der Waals surface area contributed by atoms with Gasteiger partial charge < -0.3 is 10.5 Å². The summed E-state index contributed by atoms with van der Waals surface area (Å²) < 4.78 is 5.89. The summed E-state index contributed by atoms with van der Waals surface area (Å²) in [6.45, 7) is 0. The van der Waals surface area contributed by atoms with Gasteiger partial charge in [-0.2, -0.15) is 0 Å². The number of aryl methyl sites for hydroxylation is 1. The van der Waals surface area contributed by atoms with Crippen LogP contribution in [-0.4, -0.2) is 12.1 Å². The molecule has 19 heavy (non-hydrogen) atoms. The number of aromatic nitrogens is 1. The minimum Gasteiger partial charge on any atom is -0.497 e. The highest BCUT2D eigenvalue weighted by atomic mass is 35.5. The maximum atomic E-state index is 6.61. The average molecular weight is 295 g/mol. The molecule has 0 bridgehead atoms. The van der Waals surface area contributed by atoms with Gasteiger partial charge in [0.15, 0.2) is 4.47 Å². The van der Waals surface area contributed by atoms with Crippen LogP contribution >= 0.6 is 22.9 Å². The fourth-order valence-electron chi connectivity index (χ4n) is 2.58. The normalized spacial score (nSPS) is 22.1. The molecule has 0 saturated carbocycles. The van der Waals surface area contributed by atoms with E-state index in [9.17, 15) is 0 Å². The molecule has 1 aliphatic carbocycles. The molecule has 0 amide bonds. The average Bonchev–Trinajstić information content (AvgIpc) is 2.78. The van der Waals surface area contributed by atoms with Crippen molar-refractivity contribution in [2.24, 2.45) is 5.73 Å². The number of ether oxygens (including phenoxy) is 1. The van der Waals surface area contributed by atoms with Crippen molar-refractivity contribution in [3.63, 3.8) is 0 Å². The Hall–Kier alpha value is -1.10. The maximum Gasteiger partial charge on any atom is 0.184 e. The number of methoxy groups -OCH3 is 1. The van der Waals surface area contributed by atoms with Crippen LogP contribution in [0.1, 0.15) is 22.6 Å². The Labute approximate surface area is 121 Å². The molecule has 100 valence electrons. The highest BCUT2D eigenvalue weighted by Gasteiger charge is 2.34. The minimum absolute atomic E-state index is 0.350. The number of halogens is 1. The van der Waals surface area contributed by atoms with Gasteiger partial charge in [-0.05, 0) is 30.5 Å². The van der Waals surface area contributed by atoms with Gasteiger partial charge in [-0.25, -0.2) is 4.98 Å². The van der Waals surface area contributed by atoms with Crippen molar-refractivity contribution in [1.29, 1.82) is 0 Å². The first-order valence-corrected chi connectivity index (χ1v) is 7.38. The van der Waals surface area contributed by atoms with Gasteiger partial charge in [0.05, 0.1) is 12.8 Å². The maximum absolute atomic E-state index is 6.61. The molecule has 1 aromatic heterocycles. The van der Waals surface area contributed by atoms with Crippen LogP contribution < -0.4 is 10.5 Å².